The molecule has 2 N–H and O–H groups in total. The molecular weight excluding hydrogens is 332 g/mol. The van der Waals surface area contributed by atoms with Gasteiger partial charge in [0, 0.05) is 44.5 Å². The zero-order valence-electron chi connectivity index (χ0n) is 14.6. The van der Waals surface area contributed by atoms with Crippen molar-refractivity contribution in [2.24, 2.45) is 0 Å². The minimum absolute atomic E-state index is 0.446. The monoisotopic (exact) mass is 358 g/mol. The summed E-state index contributed by atoms with van der Waals surface area (Å²) in [5.74, 6) is 0.884. The summed E-state index contributed by atoms with van der Waals surface area (Å²) in [7, 11) is 0. The van der Waals surface area contributed by atoms with E-state index in [2.05, 4.69) is 57.7 Å². The Morgan fingerprint density at radius 2 is 1.84 bits per heavy atom. The van der Waals surface area contributed by atoms with Crippen LogP contribution in [-0.4, -0.2) is 48.8 Å². The Labute approximate surface area is 155 Å². The van der Waals surface area contributed by atoms with Crippen LogP contribution in [0.25, 0.3) is 0 Å². The van der Waals surface area contributed by atoms with E-state index in [1.54, 1.807) is 6.26 Å². The van der Waals surface area contributed by atoms with Crippen molar-refractivity contribution >= 4 is 23.0 Å². The third-order valence-corrected chi connectivity index (χ3v) is 4.91. The van der Waals surface area contributed by atoms with Crippen molar-refractivity contribution in [3.63, 3.8) is 0 Å². The number of hydrogen-bond donors (Lipinski definition) is 2. The van der Waals surface area contributed by atoms with Gasteiger partial charge < -0.3 is 20.0 Å². The molecule has 1 aliphatic rings. The number of nitrogens with zero attached hydrogens (tertiary/aromatic N) is 2. The van der Waals surface area contributed by atoms with Crippen molar-refractivity contribution in [3.8, 4) is 0 Å². The molecule has 6 heteroatoms. The van der Waals surface area contributed by atoms with E-state index in [-0.39, 0.29) is 0 Å². The molecule has 2 heterocycles. The van der Waals surface area contributed by atoms with Crippen LogP contribution in [0.5, 0.6) is 0 Å². The standard InChI is InChI=1S/C19H26N4OS/c1-16(14-20-19(25)21-15-18-8-5-13-24-18)22-9-11-23(12-10-22)17-6-3-2-4-7-17/h2-8,13,16H,9-12,14-15H2,1H3,(H2,20,21,25). The molecule has 0 spiro atoms. The number of para-hydroxylation sites is 1. The van der Waals surface area contributed by atoms with Crippen LogP contribution < -0.4 is 15.5 Å². The molecule has 1 aromatic heterocycles. The second-order valence-corrected chi connectivity index (χ2v) is 6.76. The van der Waals surface area contributed by atoms with Gasteiger partial charge in [-0.1, -0.05) is 18.2 Å². The van der Waals surface area contributed by atoms with Gasteiger partial charge in [-0.25, -0.2) is 0 Å². The normalized spacial score (nSPS) is 16.4. The van der Waals surface area contributed by atoms with Crippen molar-refractivity contribution in [2.45, 2.75) is 19.5 Å². The van der Waals surface area contributed by atoms with E-state index in [9.17, 15) is 0 Å². The number of furan rings is 1. The molecule has 0 saturated carbocycles. The molecule has 0 bridgehead atoms. The zero-order chi connectivity index (χ0) is 17.5. The lowest BCUT2D eigenvalue weighted by Gasteiger charge is -2.39. The SMILES string of the molecule is CC(CNC(=S)NCc1ccco1)N1CCN(c2ccccc2)CC1. The highest BCUT2D eigenvalue weighted by atomic mass is 32.1. The van der Waals surface area contributed by atoms with Gasteiger partial charge in [-0.3, -0.25) is 4.90 Å². The Kier molecular flexibility index (Phi) is 6.30. The van der Waals surface area contributed by atoms with Crippen LogP contribution in [0.1, 0.15) is 12.7 Å². The van der Waals surface area contributed by atoms with Crippen LogP contribution in [0, 0.1) is 0 Å². The van der Waals surface area contributed by atoms with E-state index in [0.29, 0.717) is 17.7 Å². The summed E-state index contributed by atoms with van der Waals surface area (Å²) in [4.78, 5) is 4.97. The number of rotatable bonds is 6. The molecule has 0 amide bonds. The summed E-state index contributed by atoms with van der Waals surface area (Å²) in [5.41, 5.74) is 1.32. The van der Waals surface area contributed by atoms with Gasteiger partial charge in [0.2, 0.25) is 0 Å². The molecular formula is C19H26N4OS. The maximum absolute atomic E-state index is 5.34. The molecule has 1 unspecified atom stereocenters. The quantitative estimate of drug-likeness (QED) is 0.774. The third-order valence-electron chi connectivity index (χ3n) is 4.62. The largest absolute Gasteiger partial charge is 0.467 e. The second kappa shape index (κ2) is 8.87. The van der Waals surface area contributed by atoms with Crippen molar-refractivity contribution in [1.29, 1.82) is 0 Å². The average molecular weight is 359 g/mol. The number of thiocarbonyl (C=S) groups is 1. The van der Waals surface area contributed by atoms with Crippen molar-refractivity contribution < 1.29 is 4.42 Å². The molecule has 3 rings (SSSR count). The van der Waals surface area contributed by atoms with Gasteiger partial charge >= 0.3 is 0 Å². The first-order chi connectivity index (χ1) is 12.2. The van der Waals surface area contributed by atoms with Gasteiger partial charge in [-0.2, -0.15) is 0 Å². The minimum atomic E-state index is 0.446. The van der Waals surface area contributed by atoms with Gasteiger partial charge in [-0.05, 0) is 43.4 Å². The van der Waals surface area contributed by atoms with E-state index < -0.39 is 0 Å². The topological polar surface area (TPSA) is 43.7 Å². The lowest BCUT2D eigenvalue weighted by molar-refractivity contribution is 0.197. The second-order valence-electron chi connectivity index (χ2n) is 6.35. The minimum Gasteiger partial charge on any atom is -0.467 e. The Balaban J connectivity index is 1.36. The fourth-order valence-electron chi connectivity index (χ4n) is 3.07. The highest BCUT2D eigenvalue weighted by Gasteiger charge is 2.21. The number of benzene rings is 1. The molecule has 0 radical (unpaired) electrons. The average Bonchev–Trinajstić information content (AvgIpc) is 3.19. The smallest absolute Gasteiger partial charge is 0.166 e. The molecule has 1 fully saturated rings. The predicted molar refractivity (Wildman–Crippen MR) is 106 cm³/mol. The first-order valence-electron chi connectivity index (χ1n) is 8.80. The maximum atomic E-state index is 5.34. The molecule has 134 valence electrons. The van der Waals surface area contributed by atoms with Crippen LogP contribution in [0.15, 0.2) is 53.1 Å². The summed E-state index contributed by atoms with van der Waals surface area (Å²) in [6, 6.07) is 14.9. The Bertz CT molecular complexity index is 639. The third kappa shape index (κ3) is 5.21. The zero-order valence-corrected chi connectivity index (χ0v) is 15.5. The Hall–Kier alpha value is -2.05. The Morgan fingerprint density at radius 3 is 2.52 bits per heavy atom. The van der Waals surface area contributed by atoms with Crippen LogP contribution in [0.3, 0.4) is 0 Å². The van der Waals surface area contributed by atoms with Crippen LogP contribution in [0.4, 0.5) is 5.69 Å². The number of anilines is 1. The van der Waals surface area contributed by atoms with E-state index in [1.165, 1.54) is 5.69 Å². The van der Waals surface area contributed by atoms with E-state index in [0.717, 1.165) is 38.5 Å². The summed E-state index contributed by atoms with van der Waals surface area (Å²) in [6.07, 6.45) is 1.67. The van der Waals surface area contributed by atoms with Gasteiger partial charge in [0.15, 0.2) is 5.11 Å². The van der Waals surface area contributed by atoms with Gasteiger partial charge in [-0.15, -0.1) is 0 Å². The fraction of sp³-hybridized carbons (Fsp3) is 0.421. The molecule has 25 heavy (non-hydrogen) atoms. The van der Waals surface area contributed by atoms with Crippen molar-refractivity contribution in [1.82, 2.24) is 15.5 Å². The first-order valence-corrected chi connectivity index (χ1v) is 9.21. The maximum Gasteiger partial charge on any atom is 0.166 e. The van der Waals surface area contributed by atoms with Gasteiger partial charge in [0.05, 0.1) is 12.8 Å². The highest BCUT2D eigenvalue weighted by Crippen LogP contribution is 2.16. The molecule has 0 aliphatic carbocycles. The predicted octanol–water partition coefficient (Wildman–Crippen LogP) is 2.45. The summed E-state index contributed by atoms with van der Waals surface area (Å²) >= 11 is 5.34. The van der Waals surface area contributed by atoms with E-state index >= 15 is 0 Å². The number of hydrogen-bond acceptors (Lipinski definition) is 4. The first kappa shape index (κ1) is 17.8. The number of nitrogens with one attached hydrogen (secondary N) is 2. The van der Waals surface area contributed by atoms with Crippen molar-refractivity contribution in [2.75, 3.05) is 37.6 Å². The van der Waals surface area contributed by atoms with Crippen molar-refractivity contribution in [3.05, 3.63) is 54.5 Å². The van der Waals surface area contributed by atoms with E-state index in [1.807, 2.05) is 12.1 Å². The lowest BCUT2D eigenvalue weighted by atomic mass is 10.2. The summed E-state index contributed by atoms with van der Waals surface area (Å²) in [6.45, 7) is 7.98. The number of piperazine rings is 1. The summed E-state index contributed by atoms with van der Waals surface area (Å²) < 4.78 is 5.29. The lowest BCUT2D eigenvalue weighted by Crippen LogP contribution is -2.53. The van der Waals surface area contributed by atoms with E-state index in [4.69, 9.17) is 16.6 Å². The highest BCUT2D eigenvalue weighted by molar-refractivity contribution is 7.80. The molecule has 1 aromatic carbocycles. The summed E-state index contributed by atoms with van der Waals surface area (Å²) in [5, 5.41) is 7.15. The van der Waals surface area contributed by atoms with Crippen LogP contribution in [-0.2, 0) is 6.54 Å². The molecule has 1 saturated heterocycles. The molecule has 1 aliphatic heterocycles. The molecule has 1 atom stereocenters. The van der Waals surface area contributed by atoms with Gasteiger partial charge in [0.1, 0.15) is 5.76 Å². The molecule has 5 nitrogen and oxygen atoms in total. The van der Waals surface area contributed by atoms with Crippen LogP contribution in [0.2, 0.25) is 0 Å². The Morgan fingerprint density at radius 1 is 1.08 bits per heavy atom. The van der Waals surface area contributed by atoms with Gasteiger partial charge in [0.25, 0.3) is 0 Å². The fourth-order valence-corrected chi connectivity index (χ4v) is 3.23. The molecule has 2 aromatic rings. The van der Waals surface area contributed by atoms with Crippen LogP contribution >= 0.6 is 12.2 Å².